The normalized spacial score (nSPS) is 11.7. The van der Waals surface area contributed by atoms with Crippen LogP contribution in [0, 0.1) is 6.92 Å². The lowest BCUT2D eigenvalue weighted by Crippen LogP contribution is -1.94. The molecular formula is C9H10O2S. The summed E-state index contributed by atoms with van der Waals surface area (Å²) in [6, 6.07) is 3.90. The summed E-state index contributed by atoms with van der Waals surface area (Å²) in [5, 5.41) is 8.59. The van der Waals surface area contributed by atoms with Crippen LogP contribution < -0.4 is 0 Å². The molecule has 0 saturated heterocycles. The van der Waals surface area contributed by atoms with Gasteiger partial charge in [-0.15, -0.1) is 11.3 Å². The predicted molar refractivity (Wildman–Crippen MR) is 50.3 cm³/mol. The molecule has 0 spiro atoms. The van der Waals surface area contributed by atoms with Gasteiger partial charge in [0.15, 0.2) is 0 Å². The molecule has 1 aromatic rings. The largest absolute Gasteiger partial charge is 0.478 e. The van der Waals surface area contributed by atoms with Crippen LogP contribution in [0.5, 0.6) is 0 Å². The predicted octanol–water partition coefficient (Wildman–Crippen LogP) is 2.54. The molecule has 0 radical (unpaired) electrons. The fraction of sp³-hybridized carbons (Fsp3) is 0.222. The van der Waals surface area contributed by atoms with Crippen molar-refractivity contribution in [2.75, 3.05) is 0 Å². The number of thiophene rings is 1. The Balaban J connectivity index is 2.87. The Kier molecular flexibility index (Phi) is 2.65. The molecular weight excluding hydrogens is 172 g/mol. The van der Waals surface area contributed by atoms with Crippen molar-refractivity contribution in [2.24, 2.45) is 0 Å². The second kappa shape index (κ2) is 3.54. The third kappa shape index (κ3) is 2.20. The van der Waals surface area contributed by atoms with Crippen LogP contribution in [-0.4, -0.2) is 11.1 Å². The fourth-order valence-corrected chi connectivity index (χ4v) is 1.69. The molecule has 2 nitrogen and oxygen atoms in total. The van der Waals surface area contributed by atoms with E-state index in [1.165, 1.54) is 4.88 Å². The summed E-state index contributed by atoms with van der Waals surface area (Å²) in [4.78, 5) is 12.6. The lowest BCUT2D eigenvalue weighted by atomic mass is 10.2. The van der Waals surface area contributed by atoms with E-state index >= 15 is 0 Å². The van der Waals surface area contributed by atoms with Crippen molar-refractivity contribution >= 4 is 23.4 Å². The van der Waals surface area contributed by atoms with Gasteiger partial charge in [0, 0.05) is 15.3 Å². The van der Waals surface area contributed by atoms with Gasteiger partial charge in [0.2, 0.25) is 0 Å². The molecule has 0 amide bonds. The van der Waals surface area contributed by atoms with Crippen LogP contribution in [0.15, 0.2) is 17.7 Å². The standard InChI is InChI=1S/C9H10O2S/c1-6(9(10)11)5-8-4-3-7(2)12-8/h3-5H,1-2H3,(H,10,11). The topological polar surface area (TPSA) is 37.3 Å². The zero-order valence-electron chi connectivity index (χ0n) is 7.00. The molecule has 64 valence electrons. The molecule has 3 heteroatoms. The zero-order valence-corrected chi connectivity index (χ0v) is 7.81. The van der Waals surface area contributed by atoms with Crippen LogP contribution in [0.3, 0.4) is 0 Å². The van der Waals surface area contributed by atoms with Crippen LogP contribution in [0.25, 0.3) is 6.08 Å². The maximum absolute atomic E-state index is 10.4. The van der Waals surface area contributed by atoms with E-state index in [0.717, 1.165) is 4.88 Å². The van der Waals surface area contributed by atoms with Gasteiger partial charge in [-0.3, -0.25) is 0 Å². The molecule has 0 aliphatic rings. The maximum Gasteiger partial charge on any atom is 0.331 e. The molecule has 0 fully saturated rings. The first-order chi connectivity index (χ1) is 5.59. The van der Waals surface area contributed by atoms with E-state index in [2.05, 4.69) is 0 Å². The molecule has 0 saturated carbocycles. The van der Waals surface area contributed by atoms with Gasteiger partial charge in [-0.25, -0.2) is 4.79 Å². The molecule has 0 aromatic carbocycles. The van der Waals surface area contributed by atoms with E-state index < -0.39 is 5.97 Å². The highest BCUT2D eigenvalue weighted by atomic mass is 32.1. The molecule has 1 rings (SSSR count). The Morgan fingerprint density at radius 2 is 2.25 bits per heavy atom. The highest BCUT2D eigenvalue weighted by molar-refractivity contribution is 7.12. The van der Waals surface area contributed by atoms with Crippen LogP contribution in [0.1, 0.15) is 16.7 Å². The SMILES string of the molecule is CC(=Cc1ccc(C)s1)C(=O)O. The summed E-state index contributed by atoms with van der Waals surface area (Å²) < 4.78 is 0. The van der Waals surface area contributed by atoms with Gasteiger partial charge in [-0.05, 0) is 32.1 Å². The summed E-state index contributed by atoms with van der Waals surface area (Å²) in [5.41, 5.74) is 0.372. The highest BCUT2D eigenvalue weighted by Crippen LogP contribution is 2.17. The average Bonchev–Trinajstić information content (AvgIpc) is 2.35. The fourth-order valence-electron chi connectivity index (χ4n) is 0.806. The first-order valence-electron chi connectivity index (χ1n) is 3.57. The maximum atomic E-state index is 10.4. The number of hydrogen-bond acceptors (Lipinski definition) is 2. The van der Waals surface area contributed by atoms with Crippen LogP contribution in [-0.2, 0) is 4.79 Å². The van der Waals surface area contributed by atoms with Gasteiger partial charge in [-0.1, -0.05) is 0 Å². The van der Waals surface area contributed by atoms with Gasteiger partial charge in [0.1, 0.15) is 0 Å². The van der Waals surface area contributed by atoms with Gasteiger partial charge in [-0.2, -0.15) is 0 Å². The Bertz CT molecular complexity index is 323. The van der Waals surface area contributed by atoms with E-state index in [1.54, 1.807) is 24.3 Å². The molecule has 12 heavy (non-hydrogen) atoms. The number of hydrogen-bond donors (Lipinski definition) is 1. The van der Waals surface area contributed by atoms with Gasteiger partial charge in [0.05, 0.1) is 0 Å². The van der Waals surface area contributed by atoms with Crippen molar-refractivity contribution < 1.29 is 9.90 Å². The highest BCUT2D eigenvalue weighted by Gasteiger charge is 2.00. The molecule has 1 heterocycles. The minimum Gasteiger partial charge on any atom is -0.478 e. The van der Waals surface area contributed by atoms with Crippen molar-refractivity contribution in [3.8, 4) is 0 Å². The molecule has 1 N–H and O–H groups in total. The number of carbonyl (C=O) groups is 1. The molecule has 0 atom stereocenters. The van der Waals surface area contributed by atoms with Crippen molar-refractivity contribution in [1.82, 2.24) is 0 Å². The van der Waals surface area contributed by atoms with Crippen molar-refractivity contribution in [3.05, 3.63) is 27.5 Å². The smallest absolute Gasteiger partial charge is 0.331 e. The summed E-state index contributed by atoms with van der Waals surface area (Å²) >= 11 is 1.59. The average molecular weight is 182 g/mol. The lowest BCUT2D eigenvalue weighted by molar-refractivity contribution is -0.132. The van der Waals surface area contributed by atoms with E-state index in [9.17, 15) is 4.79 Å². The number of carboxylic acid groups (broad SMARTS) is 1. The van der Waals surface area contributed by atoms with E-state index in [0.29, 0.717) is 5.57 Å². The Morgan fingerprint density at radius 1 is 1.58 bits per heavy atom. The molecule has 0 aliphatic heterocycles. The van der Waals surface area contributed by atoms with Gasteiger partial charge in [0.25, 0.3) is 0 Å². The Labute approximate surface area is 75.2 Å². The van der Waals surface area contributed by atoms with E-state index in [4.69, 9.17) is 5.11 Å². The summed E-state index contributed by atoms with van der Waals surface area (Å²) in [5.74, 6) is -0.860. The third-order valence-corrected chi connectivity index (χ3v) is 2.40. The second-order valence-corrected chi connectivity index (χ2v) is 3.90. The second-order valence-electron chi connectivity index (χ2n) is 2.58. The quantitative estimate of drug-likeness (QED) is 0.714. The number of rotatable bonds is 2. The molecule has 0 unspecified atom stereocenters. The number of aryl methyl sites for hydroxylation is 1. The van der Waals surface area contributed by atoms with Crippen LogP contribution >= 0.6 is 11.3 Å². The first kappa shape index (κ1) is 9.00. The van der Waals surface area contributed by atoms with Crippen LogP contribution in [0.4, 0.5) is 0 Å². The van der Waals surface area contributed by atoms with Crippen LogP contribution in [0.2, 0.25) is 0 Å². The first-order valence-corrected chi connectivity index (χ1v) is 4.39. The monoisotopic (exact) mass is 182 g/mol. The molecule has 0 bridgehead atoms. The van der Waals surface area contributed by atoms with Crippen molar-refractivity contribution in [3.63, 3.8) is 0 Å². The number of carboxylic acids is 1. The summed E-state index contributed by atoms with van der Waals surface area (Å²) in [6.45, 7) is 3.59. The number of aliphatic carboxylic acids is 1. The summed E-state index contributed by atoms with van der Waals surface area (Å²) in [7, 11) is 0. The lowest BCUT2D eigenvalue weighted by Gasteiger charge is -1.89. The van der Waals surface area contributed by atoms with Crippen molar-refractivity contribution in [2.45, 2.75) is 13.8 Å². The minimum absolute atomic E-state index is 0.372. The summed E-state index contributed by atoms with van der Waals surface area (Å²) in [6.07, 6.45) is 1.68. The van der Waals surface area contributed by atoms with Gasteiger partial charge >= 0.3 is 5.97 Å². The minimum atomic E-state index is -0.860. The third-order valence-electron chi connectivity index (χ3n) is 1.46. The van der Waals surface area contributed by atoms with Gasteiger partial charge < -0.3 is 5.11 Å². The van der Waals surface area contributed by atoms with E-state index in [-0.39, 0.29) is 0 Å². The molecule has 0 aliphatic carbocycles. The van der Waals surface area contributed by atoms with E-state index in [1.807, 2.05) is 19.1 Å². The molecule has 1 aromatic heterocycles. The Hall–Kier alpha value is -1.09. The zero-order chi connectivity index (χ0) is 9.14. The Morgan fingerprint density at radius 3 is 2.67 bits per heavy atom. The van der Waals surface area contributed by atoms with Crippen molar-refractivity contribution in [1.29, 1.82) is 0 Å².